The number of amides is 2. The fraction of sp³-hybridized carbons (Fsp3) is 0.231. The zero-order valence-electron chi connectivity index (χ0n) is 17.8. The molecule has 7 heteroatoms. The van der Waals surface area contributed by atoms with Crippen LogP contribution in [0, 0.1) is 11.3 Å². The average Bonchev–Trinajstić information content (AvgIpc) is 2.83. The molecule has 4 rings (SSSR count). The third-order valence-corrected chi connectivity index (χ3v) is 5.87. The Balaban J connectivity index is 1.51. The molecule has 1 N–H and O–H groups in total. The van der Waals surface area contributed by atoms with Crippen LogP contribution in [0.1, 0.15) is 34.7 Å². The Hall–Kier alpha value is -3.79. The maximum absolute atomic E-state index is 13.0. The van der Waals surface area contributed by atoms with E-state index in [1.165, 1.54) is 12.1 Å². The van der Waals surface area contributed by atoms with Crippen LogP contribution in [0.2, 0.25) is 0 Å². The molecule has 0 saturated carbocycles. The molecule has 0 radical (unpaired) electrons. The quantitative estimate of drug-likeness (QED) is 0.524. The van der Waals surface area contributed by atoms with Gasteiger partial charge in [-0.15, -0.1) is 0 Å². The van der Waals surface area contributed by atoms with E-state index in [0.29, 0.717) is 19.5 Å². The first-order chi connectivity index (χ1) is 15.9. The molecule has 1 heterocycles. The highest BCUT2D eigenvalue weighted by Crippen LogP contribution is 2.34. The summed E-state index contributed by atoms with van der Waals surface area (Å²) in [6.45, 7) is 0.869. The third kappa shape index (κ3) is 5.01. The monoisotopic (exact) mass is 449 g/mol. The summed E-state index contributed by atoms with van der Waals surface area (Å²) in [7, 11) is 0. The van der Waals surface area contributed by atoms with E-state index in [1.54, 1.807) is 4.90 Å². The van der Waals surface area contributed by atoms with E-state index in [-0.39, 0.29) is 12.5 Å². The van der Waals surface area contributed by atoms with Crippen LogP contribution in [0.4, 0.5) is 18.0 Å². The summed E-state index contributed by atoms with van der Waals surface area (Å²) in [5.41, 5.74) is 3.80. The highest BCUT2D eigenvalue weighted by atomic mass is 19.4. The van der Waals surface area contributed by atoms with Crippen LogP contribution < -0.4 is 5.32 Å². The lowest BCUT2D eigenvalue weighted by molar-refractivity contribution is -0.137. The zero-order chi connectivity index (χ0) is 23.4. The Bertz CT molecular complexity index is 1170. The molecule has 4 nitrogen and oxygen atoms in total. The van der Waals surface area contributed by atoms with Gasteiger partial charge in [0.05, 0.1) is 24.1 Å². The number of carbonyl (C=O) groups is 1. The van der Waals surface area contributed by atoms with Gasteiger partial charge in [-0.3, -0.25) is 0 Å². The maximum Gasteiger partial charge on any atom is 0.416 e. The molecule has 0 aromatic heterocycles. The number of nitrogens with zero attached hydrogens (tertiary/aromatic N) is 2. The minimum Gasteiger partial charge on any atom is -0.330 e. The second kappa shape index (κ2) is 9.37. The molecular formula is C26H22F3N3O. The predicted octanol–water partition coefficient (Wildman–Crippen LogP) is 6.10. The van der Waals surface area contributed by atoms with Crippen molar-refractivity contribution in [1.29, 1.82) is 5.26 Å². The molecule has 0 fully saturated rings. The second-order valence-electron chi connectivity index (χ2n) is 7.96. The first-order valence-electron chi connectivity index (χ1n) is 10.6. The van der Waals surface area contributed by atoms with E-state index in [1.807, 2.05) is 48.5 Å². The third-order valence-electron chi connectivity index (χ3n) is 5.87. The van der Waals surface area contributed by atoms with Crippen molar-refractivity contribution in [2.75, 3.05) is 6.54 Å². The Morgan fingerprint density at radius 1 is 1.03 bits per heavy atom. The Kier molecular flexibility index (Phi) is 6.36. The van der Waals surface area contributed by atoms with Gasteiger partial charge >= 0.3 is 12.2 Å². The molecule has 1 aliphatic rings. The van der Waals surface area contributed by atoms with Crippen molar-refractivity contribution >= 4 is 6.03 Å². The summed E-state index contributed by atoms with van der Waals surface area (Å²) in [6, 6.07) is 21.7. The fourth-order valence-corrected chi connectivity index (χ4v) is 4.16. The van der Waals surface area contributed by atoms with Gasteiger partial charge in [0.1, 0.15) is 0 Å². The number of carbonyl (C=O) groups excluding carboxylic acids is 1. The Morgan fingerprint density at radius 3 is 2.42 bits per heavy atom. The molecular weight excluding hydrogens is 427 g/mol. The fourth-order valence-electron chi connectivity index (χ4n) is 4.16. The van der Waals surface area contributed by atoms with Crippen LogP contribution in [-0.4, -0.2) is 17.5 Å². The van der Waals surface area contributed by atoms with Crippen molar-refractivity contribution < 1.29 is 18.0 Å². The molecule has 1 atom stereocenters. The van der Waals surface area contributed by atoms with Crippen LogP contribution >= 0.6 is 0 Å². The van der Waals surface area contributed by atoms with Crippen molar-refractivity contribution in [3.63, 3.8) is 0 Å². The van der Waals surface area contributed by atoms with Crippen molar-refractivity contribution in [3.05, 3.63) is 95.1 Å². The van der Waals surface area contributed by atoms with E-state index in [2.05, 4.69) is 11.4 Å². The van der Waals surface area contributed by atoms with E-state index >= 15 is 0 Å². The number of urea groups is 1. The molecule has 0 unspecified atom stereocenters. The molecule has 0 aliphatic carbocycles. The highest BCUT2D eigenvalue weighted by molar-refractivity contribution is 5.76. The lowest BCUT2D eigenvalue weighted by atomic mass is 9.90. The molecule has 168 valence electrons. The van der Waals surface area contributed by atoms with Crippen LogP contribution in [0.5, 0.6) is 0 Å². The lowest BCUT2D eigenvalue weighted by Gasteiger charge is -2.31. The van der Waals surface area contributed by atoms with Crippen molar-refractivity contribution in [3.8, 4) is 17.2 Å². The Labute approximate surface area is 190 Å². The van der Waals surface area contributed by atoms with E-state index in [9.17, 15) is 23.2 Å². The Morgan fingerprint density at radius 2 is 1.76 bits per heavy atom. The topological polar surface area (TPSA) is 56.1 Å². The minimum atomic E-state index is -4.37. The number of fused-ring (bicyclic) bond motifs is 1. The summed E-state index contributed by atoms with van der Waals surface area (Å²) in [4.78, 5) is 14.7. The van der Waals surface area contributed by atoms with Gasteiger partial charge in [0, 0.05) is 13.1 Å². The van der Waals surface area contributed by atoms with Crippen LogP contribution in [0.25, 0.3) is 11.1 Å². The average molecular weight is 449 g/mol. The number of nitrogens with one attached hydrogen (secondary N) is 1. The number of alkyl halides is 3. The van der Waals surface area contributed by atoms with Gasteiger partial charge in [0.15, 0.2) is 0 Å². The highest BCUT2D eigenvalue weighted by Gasteiger charge is 2.30. The number of hydrogen-bond donors (Lipinski definition) is 1. The number of benzene rings is 3. The van der Waals surface area contributed by atoms with Gasteiger partial charge in [0.2, 0.25) is 0 Å². The summed E-state index contributed by atoms with van der Waals surface area (Å²) in [5.74, 6) is 0. The number of rotatable bonds is 4. The molecule has 0 bridgehead atoms. The molecule has 3 aromatic rings. The number of hydrogen-bond acceptors (Lipinski definition) is 2. The second-order valence-corrected chi connectivity index (χ2v) is 7.96. The maximum atomic E-state index is 13.0. The van der Waals surface area contributed by atoms with Gasteiger partial charge in [-0.1, -0.05) is 60.7 Å². The van der Waals surface area contributed by atoms with Crippen LogP contribution in [0.15, 0.2) is 72.8 Å². The molecule has 1 aliphatic heterocycles. The summed E-state index contributed by atoms with van der Waals surface area (Å²) in [6.07, 6.45) is -3.61. The largest absolute Gasteiger partial charge is 0.416 e. The summed E-state index contributed by atoms with van der Waals surface area (Å²) < 4.78 is 38.7. The van der Waals surface area contributed by atoms with Crippen molar-refractivity contribution in [2.45, 2.75) is 31.6 Å². The zero-order valence-corrected chi connectivity index (χ0v) is 17.8. The number of halogens is 3. The molecule has 3 aromatic carbocycles. The van der Waals surface area contributed by atoms with Gasteiger partial charge in [-0.05, 0) is 46.4 Å². The van der Waals surface area contributed by atoms with Crippen LogP contribution in [0.3, 0.4) is 0 Å². The van der Waals surface area contributed by atoms with Gasteiger partial charge < -0.3 is 10.2 Å². The normalized spacial score (nSPS) is 14.2. The van der Waals surface area contributed by atoms with Gasteiger partial charge in [-0.2, -0.15) is 18.4 Å². The van der Waals surface area contributed by atoms with E-state index in [0.717, 1.165) is 39.9 Å². The smallest absolute Gasteiger partial charge is 0.330 e. The summed E-state index contributed by atoms with van der Waals surface area (Å²) >= 11 is 0. The first kappa shape index (κ1) is 22.4. The van der Waals surface area contributed by atoms with Gasteiger partial charge in [0.25, 0.3) is 0 Å². The SMILES string of the molecule is N#CC[C@H](NC(=O)N1CCc2c(cccc2-c2ccc(C(F)(F)F)cc2)C1)c1ccccc1. The van der Waals surface area contributed by atoms with E-state index < -0.39 is 17.8 Å². The minimum absolute atomic E-state index is 0.165. The molecule has 33 heavy (non-hydrogen) atoms. The molecule has 0 spiro atoms. The van der Waals surface area contributed by atoms with E-state index in [4.69, 9.17) is 0 Å². The van der Waals surface area contributed by atoms with Gasteiger partial charge in [-0.25, -0.2) is 4.79 Å². The standard InChI is InChI=1S/C26H22F3N3O/c27-26(28,29)21-11-9-18(10-12-21)22-8-4-7-20-17-32(16-14-23(20)22)25(33)31-24(13-15-30)19-5-2-1-3-6-19/h1-12,24H,13-14,16-17H2,(H,31,33)/t24-/m0/s1. The number of nitriles is 1. The summed E-state index contributed by atoms with van der Waals surface area (Å²) in [5, 5.41) is 12.1. The first-order valence-corrected chi connectivity index (χ1v) is 10.6. The molecule has 0 saturated heterocycles. The predicted molar refractivity (Wildman–Crippen MR) is 119 cm³/mol. The van der Waals surface area contributed by atoms with Crippen LogP contribution in [-0.2, 0) is 19.1 Å². The molecule has 2 amide bonds. The van der Waals surface area contributed by atoms with Crippen molar-refractivity contribution in [1.82, 2.24) is 10.2 Å². The van der Waals surface area contributed by atoms with Crippen molar-refractivity contribution in [2.24, 2.45) is 0 Å². The lowest BCUT2D eigenvalue weighted by Crippen LogP contribution is -2.44.